The van der Waals surface area contributed by atoms with E-state index in [1.165, 1.54) is 5.56 Å². The molecule has 1 heterocycles. The minimum atomic E-state index is -3.10. The van der Waals surface area contributed by atoms with Crippen LogP contribution in [0.15, 0.2) is 30.3 Å². The fraction of sp³-hybridized carbons (Fsp3) is 0.588. The molecule has 0 aliphatic carbocycles. The Bertz CT molecular complexity index is 645. The lowest BCUT2D eigenvalue weighted by Gasteiger charge is -2.41. The van der Waals surface area contributed by atoms with E-state index in [2.05, 4.69) is 19.1 Å². The highest BCUT2D eigenvalue weighted by atomic mass is 32.2. The van der Waals surface area contributed by atoms with E-state index in [0.717, 1.165) is 19.1 Å². The van der Waals surface area contributed by atoms with E-state index in [1.54, 1.807) is 4.90 Å². The summed E-state index contributed by atoms with van der Waals surface area (Å²) in [6, 6.07) is 9.45. The molecule has 1 aliphatic rings. The molecule has 2 atom stereocenters. The van der Waals surface area contributed by atoms with Gasteiger partial charge in [-0.3, -0.25) is 4.79 Å². The molecule has 1 aliphatic heterocycles. The quantitative estimate of drug-likeness (QED) is 0.878. The van der Waals surface area contributed by atoms with Crippen LogP contribution in [0.1, 0.15) is 31.7 Å². The number of sulfone groups is 1. The van der Waals surface area contributed by atoms with Crippen molar-refractivity contribution in [3.05, 3.63) is 35.9 Å². The first-order valence-electron chi connectivity index (χ1n) is 7.99. The molecule has 0 spiro atoms. The van der Waals surface area contributed by atoms with Crippen LogP contribution in [0, 0.1) is 0 Å². The van der Waals surface area contributed by atoms with Crippen molar-refractivity contribution >= 4 is 15.7 Å². The number of carbonyl (C=O) groups excluding carboxylic acids is 1. The zero-order valence-electron chi connectivity index (χ0n) is 13.9. The highest BCUT2D eigenvalue weighted by Crippen LogP contribution is 2.33. The van der Waals surface area contributed by atoms with Crippen molar-refractivity contribution in [2.45, 2.75) is 37.6 Å². The van der Waals surface area contributed by atoms with Crippen LogP contribution in [0.25, 0.3) is 0 Å². The number of nitrogens with two attached hydrogens (primary N) is 1. The topological polar surface area (TPSA) is 80.5 Å². The Morgan fingerprint density at radius 2 is 2.00 bits per heavy atom. The molecule has 2 unspecified atom stereocenters. The lowest BCUT2D eigenvalue weighted by molar-refractivity contribution is -0.134. The second-order valence-corrected chi connectivity index (χ2v) is 9.07. The molecule has 1 saturated heterocycles. The lowest BCUT2D eigenvalue weighted by atomic mass is 9.76. The van der Waals surface area contributed by atoms with Crippen molar-refractivity contribution in [2.75, 3.05) is 25.1 Å². The van der Waals surface area contributed by atoms with Crippen LogP contribution in [-0.2, 0) is 20.0 Å². The van der Waals surface area contributed by atoms with Crippen molar-refractivity contribution in [2.24, 2.45) is 5.73 Å². The Morgan fingerprint density at radius 1 is 1.35 bits per heavy atom. The van der Waals surface area contributed by atoms with Crippen molar-refractivity contribution in [1.82, 2.24) is 4.90 Å². The molecule has 2 N–H and O–H groups in total. The average Bonchev–Trinajstić information content (AvgIpc) is 2.52. The molecule has 6 heteroatoms. The van der Waals surface area contributed by atoms with Gasteiger partial charge in [-0.25, -0.2) is 8.42 Å². The van der Waals surface area contributed by atoms with Gasteiger partial charge in [0.1, 0.15) is 9.84 Å². The Morgan fingerprint density at radius 3 is 2.61 bits per heavy atom. The summed E-state index contributed by atoms with van der Waals surface area (Å²) in [7, 11) is -3.10. The largest absolute Gasteiger partial charge is 0.340 e. The normalized spacial score (nSPS) is 23.5. The van der Waals surface area contributed by atoms with E-state index in [4.69, 9.17) is 5.73 Å². The molecule has 0 radical (unpaired) electrons. The van der Waals surface area contributed by atoms with Crippen LogP contribution in [-0.4, -0.2) is 50.4 Å². The second-order valence-electron chi connectivity index (χ2n) is 6.82. The summed E-state index contributed by atoms with van der Waals surface area (Å²) in [5.41, 5.74) is 7.07. The third kappa shape index (κ3) is 4.78. The van der Waals surface area contributed by atoms with Crippen LogP contribution in [0.2, 0.25) is 0 Å². The maximum absolute atomic E-state index is 12.5. The number of nitrogens with zero attached hydrogens (tertiary/aromatic N) is 1. The van der Waals surface area contributed by atoms with Crippen molar-refractivity contribution in [3.63, 3.8) is 0 Å². The number of likely N-dealkylation sites (tertiary alicyclic amines) is 1. The molecule has 1 fully saturated rings. The van der Waals surface area contributed by atoms with Gasteiger partial charge >= 0.3 is 0 Å². The van der Waals surface area contributed by atoms with E-state index in [9.17, 15) is 13.2 Å². The average molecular weight is 338 g/mol. The molecule has 2 rings (SSSR count). The molecule has 5 nitrogen and oxygen atoms in total. The molecule has 1 aromatic carbocycles. The molecular formula is C17H26N2O3S. The van der Waals surface area contributed by atoms with Gasteiger partial charge in [0, 0.05) is 24.8 Å². The van der Waals surface area contributed by atoms with Gasteiger partial charge in [-0.05, 0) is 24.8 Å². The van der Waals surface area contributed by atoms with E-state index in [0.29, 0.717) is 13.1 Å². The maximum atomic E-state index is 12.5. The van der Waals surface area contributed by atoms with Crippen LogP contribution in [0.5, 0.6) is 0 Å². The van der Waals surface area contributed by atoms with Crippen LogP contribution in [0.3, 0.4) is 0 Å². The summed E-state index contributed by atoms with van der Waals surface area (Å²) in [4.78, 5) is 14.3. The first-order valence-corrected chi connectivity index (χ1v) is 10.0. The first-order chi connectivity index (χ1) is 10.7. The molecule has 0 aromatic heterocycles. The Balaban J connectivity index is 2.04. The van der Waals surface area contributed by atoms with Gasteiger partial charge in [-0.2, -0.15) is 0 Å². The third-order valence-corrected chi connectivity index (χ3v) is 5.57. The number of hydrogen-bond donors (Lipinski definition) is 1. The highest BCUT2D eigenvalue weighted by molar-refractivity contribution is 7.90. The predicted octanol–water partition coefficient (Wildman–Crippen LogP) is 1.33. The SMILES string of the molecule is CC1(c2ccccc2)CCCN(C(=O)C(N)CCS(C)(=O)=O)C1. The zero-order valence-corrected chi connectivity index (χ0v) is 14.7. The molecule has 1 amide bonds. The van der Waals surface area contributed by atoms with Gasteiger partial charge in [-0.1, -0.05) is 37.3 Å². The summed E-state index contributed by atoms with van der Waals surface area (Å²) in [6.45, 7) is 3.49. The van der Waals surface area contributed by atoms with Crippen molar-refractivity contribution in [1.29, 1.82) is 0 Å². The molecule has 0 saturated carbocycles. The molecule has 128 valence electrons. The Hall–Kier alpha value is -1.40. The summed E-state index contributed by atoms with van der Waals surface area (Å²) >= 11 is 0. The summed E-state index contributed by atoms with van der Waals surface area (Å²) in [5.74, 6) is -0.195. The van der Waals surface area contributed by atoms with Crippen molar-refractivity contribution in [3.8, 4) is 0 Å². The lowest BCUT2D eigenvalue weighted by Crippen LogP contribution is -2.52. The fourth-order valence-corrected chi connectivity index (χ4v) is 3.88. The monoisotopic (exact) mass is 338 g/mol. The van der Waals surface area contributed by atoms with Gasteiger partial charge < -0.3 is 10.6 Å². The molecule has 1 aromatic rings. The van der Waals surface area contributed by atoms with E-state index in [-0.39, 0.29) is 23.5 Å². The summed E-state index contributed by atoms with van der Waals surface area (Å²) < 4.78 is 22.5. The van der Waals surface area contributed by atoms with Gasteiger partial charge in [0.25, 0.3) is 0 Å². The minimum Gasteiger partial charge on any atom is -0.340 e. The predicted molar refractivity (Wildman–Crippen MR) is 91.9 cm³/mol. The smallest absolute Gasteiger partial charge is 0.239 e. The number of benzene rings is 1. The number of piperidine rings is 1. The van der Waals surface area contributed by atoms with Gasteiger partial charge in [0.05, 0.1) is 11.8 Å². The fourth-order valence-electron chi connectivity index (χ4n) is 3.20. The number of amides is 1. The van der Waals surface area contributed by atoms with Crippen LogP contribution < -0.4 is 5.73 Å². The number of rotatable bonds is 5. The van der Waals surface area contributed by atoms with E-state index in [1.807, 2.05) is 18.2 Å². The number of carbonyl (C=O) groups is 1. The summed E-state index contributed by atoms with van der Waals surface area (Å²) in [6.07, 6.45) is 3.29. The maximum Gasteiger partial charge on any atom is 0.239 e. The second kappa shape index (κ2) is 7.01. The van der Waals surface area contributed by atoms with Crippen LogP contribution in [0.4, 0.5) is 0 Å². The van der Waals surface area contributed by atoms with Gasteiger partial charge in [0.2, 0.25) is 5.91 Å². The number of hydrogen-bond acceptors (Lipinski definition) is 4. The summed E-state index contributed by atoms with van der Waals surface area (Å²) in [5, 5.41) is 0. The Labute approximate surface area is 138 Å². The standard InChI is InChI=1S/C17H26N2O3S/c1-17(14-7-4-3-5-8-14)10-6-11-19(13-17)16(20)15(18)9-12-23(2,21)22/h3-5,7-8,15H,6,9-13,18H2,1-2H3. The van der Waals surface area contributed by atoms with Gasteiger partial charge in [0.15, 0.2) is 0 Å². The first kappa shape index (κ1) is 17.9. The zero-order chi connectivity index (χ0) is 17.1. The van der Waals surface area contributed by atoms with Crippen LogP contribution >= 0.6 is 0 Å². The minimum absolute atomic E-state index is 0.0519. The Kier molecular flexibility index (Phi) is 5.47. The highest BCUT2D eigenvalue weighted by Gasteiger charge is 2.35. The molecular weight excluding hydrogens is 312 g/mol. The van der Waals surface area contributed by atoms with E-state index < -0.39 is 15.9 Å². The van der Waals surface area contributed by atoms with Gasteiger partial charge in [-0.15, -0.1) is 0 Å². The molecule has 23 heavy (non-hydrogen) atoms. The van der Waals surface area contributed by atoms with Crippen molar-refractivity contribution < 1.29 is 13.2 Å². The van der Waals surface area contributed by atoms with E-state index >= 15 is 0 Å². The third-order valence-electron chi connectivity index (χ3n) is 4.60. The molecule has 0 bridgehead atoms.